The van der Waals surface area contributed by atoms with Gasteiger partial charge in [-0.2, -0.15) is 0 Å². The predicted molar refractivity (Wildman–Crippen MR) is 97.4 cm³/mol. The SMILES string of the molecule is CCOCCC1CCN(CCCn2c(=O)[nH]c3ccccc32)CC1. The monoisotopic (exact) mass is 331 g/mol. The van der Waals surface area contributed by atoms with Crippen molar-refractivity contribution in [2.24, 2.45) is 5.92 Å². The van der Waals surface area contributed by atoms with Gasteiger partial charge in [-0.05, 0) is 70.3 Å². The highest BCUT2D eigenvalue weighted by molar-refractivity contribution is 5.74. The molecule has 0 bridgehead atoms. The molecule has 1 aliphatic heterocycles. The van der Waals surface area contributed by atoms with E-state index in [1.807, 2.05) is 28.8 Å². The zero-order valence-electron chi connectivity index (χ0n) is 14.7. The number of aromatic nitrogens is 2. The van der Waals surface area contributed by atoms with Gasteiger partial charge in [0.1, 0.15) is 0 Å². The number of hydrogen-bond acceptors (Lipinski definition) is 3. The number of piperidine rings is 1. The Labute approximate surface area is 143 Å². The smallest absolute Gasteiger partial charge is 0.326 e. The number of likely N-dealkylation sites (tertiary alicyclic amines) is 1. The molecule has 0 saturated carbocycles. The van der Waals surface area contributed by atoms with Gasteiger partial charge >= 0.3 is 5.69 Å². The molecule has 1 fully saturated rings. The molecule has 5 heteroatoms. The maximum absolute atomic E-state index is 12.1. The number of aromatic amines is 1. The minimum Gasteiger partial charge on any atom is -0.382 e. The Morgan fingerprint density at radius 1 is 1.21 bits per heavy atom. The van der Waals surface area contributed by atoms with Crippen molar-refractivity contribution >= 4 is 11.0 Å². The van der Waals surface area contributed by atoms with Crippen LogP contribution in [-0.4, -0.2) is 47.3 Å². The van der Waals surface area contributed by atoms with Crippen molar-refractivity contribution in [3.63, 3.8) is 0 Å². The maximum Gasteiger partial charge on any atom is 0.326 e. The second-order valence-corrected chi connectivity index (χ2v) is 6.72. The fraction of sp³-hybridized carbons (Fsp3) is 0.632. The zero-order chi connectivity index (χ0) is 16.8. The summed E-state index contributed by atoms with van der Waals surface area (Å²) in [6.07, 6.45) is 4.78. The molecule has 1 saturated heterocycles. The number of benzene rings is 1. The van der Waals surface area contributed by atoms with Crippen molar-refractivity contribution in [2.45, 2.75) is 39.2 Å². The molecular weight excluding hydrogens is 302 g/mol. The fourth-order valence-corrected chi connectivity index (χ4v) is 3.67. The zero-order valence-corrected chi connectivity index (χ0v) is 14.7. The van der Waals surface area contributed by atoms with E-state index in [0.717, 1.165) is 49.7 Å². The number of rotatable bonds is 8. The van der Waals surface area contributed by atoms with Gasteiger partial charge in [-0.1, -0.05) is 12.1 Å². The number of hydrogen-bond donors (Lipinski definition) is 1. The van der Waals surface area contributed by atoms with Gasteiger partial charge in [-0.3, -0.25) is 4.57 Å². The van der Waals surface area contributed by atoms with E-state index in [2.05, 4.69) is 16.8 Å². The Morgan fingerprint density at radius 2 is 2.00 bits per heavy atom. The first-order chi connectivity index (χ1) is 11.8. The molecule has 0 unspecified atom stereocenters. The summed E-state index contributed by atoms with van der Waals surface area (Å²) in [7, 11) is 0. The largest absolute Gasteiger partial charge is 0.382 e. The van der Waals surface area contributed by atoms with Crippen LogP contribution in [0.3, 0.4) is 0 Å². The summed E-state index contributed by atoms with van der Waals surface area (Å²) in [5.74, 6) is 0.823. The van der Waals surface area contributed by atoms with E-state index in [0.29, 0.717) is 0 Å². The van der Waals surface area contributed by atoms with Crippen molar-refractivity contribution < 1.29 is 4.74 Å². The third-order valence-electron chi connectivity index (χ3n) is 5.12. The summed E-state index contributed by atoms with van der Waals surface area (Å²) < 4.78 is 7.33. The third-order valence-corrected chi connectivity index (χ3v) is 5.12. The molecule has 24 heavy (non-hydrogen) atoms. The van der Waals surface area contributed by atoms with Gasteiger partial charge in [-0.15, -0.1) is 0 Å². The molecule has 5 nitrogen and oxygen atoms in total. The molecular formula is C19H29N3O2. The summed E-state index contributed by atoms with van der Waals surface area (Å²) in [4.78, 5) is 17.5. The summed E-state index contributed by atoms with van der Waals surface area (Å²) in [6, 6.07) is 7.91. The van der Waals surface area contributed by atoms with Crippen molar-refractivity contribution in [3.05, 3.63) is 34.7 Å². The molecule has 2 heterocycles. The minimum atomic E-state index is 0.00540. The van der Waals surface area contributed by atoms with Crippen molar-refractivity contribution in [1.82, 2.24) is 14.5 Å². The van der Waals surface area contributed by atoms with E-state index in [-0.39, 0.29) is 5.69 Å². The molecule has 1 N–H and O–H groups in total. The molecule has 132 valence electrons. The summed E-state index contributed by atoms with van der Waals surface area (Å²) in [5, 5.41) is 0. The Balaban J connectivity index is 1.42. The molecule has 1 aromatic heterocycles. The van der Waals surface area contributed by atoms with Crippen molar-refractivity contribution in [2.75, 3.05) is 32.8 Å². The van der Waals surface area contributed by atoms with E-state index in [1.165, 1.54) is 32.4 Å². The third kappa shape index (κ3) is 4.28. The van der Waals surface area contributed by atoms with Gasteiger partial charge in [0.05, 0.1) is 11.0 Å². The first kappa shape index (κ1) is 17.2. The van der Waals surface area contributed by atoms with Gasteiger partial charge in [0.25, 0.3) is 0 Å². The van der Waals surface area contributed by atoms with Crippen LogP contribution < -0.4 is 5.69 Å². The van der Waals surface area contributed by atoms with Crippen LogP contribution in [0.1, 0.15) is 32.6 Å². The van der Waals surface area contributed by atoms with Crippen LogP contribution in [0.25, 0.3) is 11.0 Å². The number of H-pyrrole nitrogens is 1. The van der Waals surface area contributed by atoms with Crippen LogP contribution in [0.15, 0.2) is 29.1 Å². The Hall–Kier alpha value is -1.59. The van der Waals surface area contributed by atoms with E-state index < -0.39 is 0 Å². The Kier molecular flexibility index (Phi) is 6.10. The first-order valence-electron chi connectivity index (χ1n) is 9.25. The van der Waals surface area contributed by atoms with E-state index >= 15 is 0 Å². The lowest BCUT2D eigenvalue weighted by Gasteiger charge is -2.31. The standard InChI is InChI=1S/C19H29N3O2/c1-2-24-15-10-16-8-13-21(14-9-16)11-5-12-22-18-7-4-3-6-17(18)20-19(22)23/h3-4,6-7,16H,2,5,8-15H2,1H3,(H,20,23). The lowest BCUT2D eigenvalue weighted by Crippen LogP contribution is -2.35. The van der Waals surface area contributed by atoms with Gasteiger partial charge in [0, 0.05) is 19.8 Å². The van der Waals surface area contributed by atoms with Crippen molar-refractivity contribution in [1.29, 1.82) is 0 Å². The summed E-state index contributed by atoms with van der Waals surface area (Å²) >= 11 is 0. The van der Waals surface area contributed by atoms with Crippen LogP contribution in [0.5, 0.6) is 0 Å². The van der Waals surface area contributed by atoms with E-state index in [4.69, 9.17) is 4.74 Å². The lowest BCUT2D eigenvalue weighted by atomic mass is 9.94. The molecule has 1 aromatic carbocycles. The number of ether oxygens (including phenoxy) is 1. The van der Waals surface area contributed by atoms with Crippen LogP contribution in [0.4, 0.5) is 0 Å². The van der Waals surface area contributed by atoms with Crippen LogP contribution in [0.2, 0.25) is 0 Å². The highest BCUT2D eigenvalue weighted by Crippen LogP contribution is 2.20. The molecule has 3 rings (SSSR count). The number of fused-ring (bicyclic) bond motifs is 1. The average Bonchev–Trinajstić information content (AvgIpc) is 2.92. The average molecular weight is 331 g/mol. The quantitative estimate of drug-likeness (QED) is 0.757. The normalized spacial score (nSPS) is 16.9. The Bertz CT molecular complexity index is 683. The number of imidazole rings is 1. The van der Waals surface area contributed by atoms with Crippen LogP contribution in [0, 0.1) is 5.92 Å². The Morgan fingerprint density at radius 3 is 2.79 bits per heavy atom. The molecule has 0 radical (unpaired) electrons. The highest BCUT2D eigenvalue weighted by Gasteiger charge is 2.18. The number of aryl methyl sites for hydroxylation is 1. The number of nitrogens with zero attached hydrogens (tertiary/aromatic N) is 2. The molecule has 1 aliphatic rings. The van der Waals surface area contributed by atoms with E-state index in [1.54, 1.807) is 0 Å². The van der Waals surface area contributed by atoms with Gasteiger partial charge in [0.2, 0.25) is 0 Å². The summed E-state index contributed by atoms with van der Waals surface area (Å²) in [6.45, 7) is 8.01. The number of nitrogens with one attached hydrogen (secondary N) is 1. The molecule has 0 amide bonds. The lowest BCUT2D eigenvalue weighted by molar-refractivity contribution is 0.109. The molecule has 2 aromatic rings. The molecule has 0 atom stereocenters. The van der Waals surface area contributed by atoms with Gasteiger partial charge in [-0.25, -0.2) is 4.79 Å². The van der Waals surface area contributed by atoms with Gasteiger partial charge in [0.15, 0.2) is 0 Å². The van der Waals surface area contributed by atoms with E-state index in [9.17, 15) is 4.79 Å². The highest BCUT2D eigenvalue weighted by atomic mass is 16.5. The molecule has 0 aliphatic carbocycles. The predicted octanol–water partition coefficient (Wildman–Crippen LogP) is 2.86. The second kappa shape index (κ2) is 8.49. The second-order valence-electron chi connectivity index (χ2n) is 6.72. The maximum atomic E-state index is 12.1. The molecule has 0 spiro atoms. The van der Waals surface area contributed by atoms with Crippen LogP contribution >= 0.6 is 0 Å². The topological polar surface area (TPSA) is 50.3 Å². The number of para-hydroxylation sites is 2. The first-order valence-corrected chi connectivity index (χ1v) is 9.25. The minimum absolute atomic E-state index is 0.00540. The fourth-order valence-electron chi connectivity index (χ4n) is 3.67. The summed E-state index contributed by atoms with van der Waals surface area (Å²) in [5.41, 5.74) is 1.94. The van der Waals surface area contributed by atoms with Gasteiger partial charge < -0.3 is 14.6 Å². The van der Waals surface area contributed by atoms with Crippen molar-refractivity contribution in [3.8, 4) is 0 Å². The van der Waals surface area contributed by atoms with Crippen LogP contribution in [-0.2, 0) is 11.3 Å².